The van der Waals surface area contributed by atoms with Crippen LogP contribution in [0.25, 0.3) is 22.9 Å². The summed E-state index contributed by atoms with van der Waals surface area (Å²) in [4.78, 5) is 22.4. The zero-order chi connectivity index (χ0) is 20.5. The summed E-state index contributed by atoms with van der Waals surface area (Å²) >= 11 is 0. The van der Waals surface area contributed by atoms with Gasteiger partial charge in [0.05, 0.1) is 17.6 Å². The number of ether oxygens (including phenoxy) is 1. The maximum Gasteiger partial charge on any atom is 0.338 e. The third-order valence-electron chi connectivity index (χ3n) is 4.27. The molecule has 3 rings (SSSR count). The number of esters is 1. The van der Waals surface area contributed by atoms with Gasteiger partial charge in [0.25, 0.3) is 11.6 Å². The minimum atomic E-state index is -0.667. The summed E-state index contributed by atoms with van der Waals surface area (Å²) in [6.45, 7) is 6.35. The lowest BCUT2D eigenvalue weighted by Gasteiger charge is -2.18. The van der Waals surface area contributed by atoms with E-state index in [1.807, 2.05) is 24.3 Å². The maximum absolute atomic E-state index is 11.6. The van der Waals surface area contributed by atoms with Gasteiger partial charge < -0.3 is 9.15 Å². The van der Waals surface area contributed by atoms with Gasteiger partial charge >= 0.3 is 5.97 Å². The molecule has 8 nitrogen and oxygen atoms in total. The van der Waals surface area contributed by atoms with Crippen LogP contribution in [0.4, 0.5) is 5.69 Å². The van der Waals surface area contributed by atoms with Crippen molar-refractivity contribution in [1.29, 1.82) is 0 Å². The van der Waals surface area contributed by atoms with E-state index in [-0.39, 0.29) is 34.0 Å². The molecular formula is C20H19N3O5. The number of nitro groups is 1. The van der Waals surface area contributed by atoms with Crippen molar-refractivity contribution >= 4 is 11.7 Å². The highest BCUT2D eigenvalue weighted by molar-refractivity contribution is 5.91. The van der Waals surface area contributed by atoms with E-state index < -0.39 is 10.9 Å². The molecule has 1 heterocycles. The zero-order valence-electron chi connectivity index (χ0n) is 15.9. The van der Waals surface area contributed by atoms with Crippen molar-refractivity contribution in [2.45, 2.75) is 26.2 Å². The van der Waals surface area contributed by atoms with Gasteiger partial charge in [0.1, 0.15) is 5.56 Å². The molecule has 0 radical (unpaired) electrons. The third-order valence-corrected chi connectivity index (χ3v) is 4.27. The van der Waals surface area contributed by atoms with Gasteiger partial charge in [-0.2, -0.15) is 0 Å². The Balaban J connectivity index is 1.98. The Morgan fingerprint density at radius 2 is 1.71 bits per heavy atom. The molecule has 28 heavy (non-hydrogen) atoms. The van der Waals surface area contributed by atoms with E-state index >= 15 is 0 Å². The molecule has 0 bridgehead atoms. The fourth-order valence-corrected chi connectivity index (χ4v) is 2.67. The number of nitrogens with zero attached hydrogens (tertiary/aromatic N) is 3. The van der Waals surface area contributed by atoms with Crippen LogP contribution in [-0.4, -0.2) is 28.2 Å². The lowest BCUT2D eigenvalue weighted by atomic mass is 9.87. The largest absolute Gasteiger partial charge is 0.465 e. The lowest BCUT2D eigenvalue weighted by molar-refractivity contribution is -0.384. The van der Waals surface area contributed by atoms with Gasteiger partial charge in [0.2, 0.25) is 5.89 Å². The standard InChI is InChI=1S/C20H19N3O5/c1-20(2,3)14-8-5-12(6-9-14)17-21-22-18(28-17)15-10-7-13(19(24)27-4)11-16(15)23(25)26/h5-11H,1-4H3. The Morgan fingerprint density at radius 3 is 2.29 bits per heavy atom. The zero-order valence-corrected chi connectivity index (χ0v) is 15.9. The SMILES string of the molecule is COC(=O)c1ccc(-c2nnc(-c3ccc(C(C)(C)C)cc3)o2)c([N+](=O)[O-])c1. The molecule has 0 saturated heterocycles. The molecule has 0 amide bonds. The van der Waals surface area contributed by atoms with Crippen molar-refractivity contribution < 1.29 is 18.9 Å². The van der Waals surface area contributed by atoms with Gasteiger partial charge in [-0.1, -0.05) is 32.9 Å². The molecule has 0 fully saturated rings. The second-order valence-electron chi connectivity index (χ2n) is 7.22. The van der Waals surface area contributed by atoms with Crippen molar-refractivity contribution in [2.24, 2.45) is 0 Å². The molecule has 0 atom stereocenters. The number of carbonyl (C=O) groups excluding carboxylic acids is 1. The van der Waals surface area contributed by atoms with Crippen molar-refractivity contribution in [1.82, 2.24) is 10.2 Å². The number of hydrogen-bond donors (Lipinski definition) is 0. The van der Waals surface area contributed by atoms with Crippen molar-refractivity contribution in [3.05, 3.63) is 63.7 Å². The van der Waals surface area contributed by atoms with E-state index in [0.717, 1.165) is 11.6 Å². The van der Waals surface area contributed by atoms with E-state index in [2.05, 4.69) is 35.7 Å². The molecule has 1 aromatic heterocycles. The summed E-state index contributed by atoms with van der Waals surface area (Å²) < 4.78 is 10.3. The quantitative estimate of drug-likeness (QED) is 0.374. The average molecular weight is 381 g/mol. The monoisotopic (exact) mass is 381 g/mol. The van der Waals surface area contributed by atoms with Gasteiger partial charge in [-0.05, 0) is 35.2 Å². The first-order chi connectivity index (χ1) is 13.2. The van der Waals surface area contributed by atoms with Crippen LogP contribution in [0, 0.1) is 10.1 Å². The number of aromatic nitrogens is 2. The van der Waals surface area contributed by atoms with Crippen molar-refractivity contribution in [2.75, 3.05) is 7.11 Å². The van der Waals surface area contributed by atoms with Crippen LogP contribution in [0.2, 0.25) is 0 Å². The molecule has 144 valence electrons. The highest BCUT2D eigenvalue weighted by atomic mass is 16.6. The number of methoxy groups -OCH3 is 1. The first-order valence-electron chi connectivity index (χ1n) is 8.52. The van der Waals surface area contributed by atoms with Crippen LogP contribution in [-0.2, 0) is 10.2 Å². The highest BCUT2D eigenvalue weighted by Crippen LogP contribution is 2.32. The number of carbonyl (C=O) groups is 1. The Morgan fingerprint density at radius 1 is 1.07 bits per heavy atom. The molecule has 0 N–H and O–H groups in total. The number of hydrogen-bond acceptors (Lipinski definition) is 7. The van der Waals surface area contributed by atoms with Crippen molar-refractivity contribution in [3.63, 3.8) is 0 Å². The van der Waals surface area contributed by atoms with Crippen LogP contribution in [0.3, 0.4) is 0 Å². The number of nitro benzene ring substituents is 1. The van der Waals surface area contributed by atoms with Crippen LogP contribution in [0.1, 0.15) is 36.7 Å². The summed E-state index contributed by atoms with van der Waals surface area (Å²) in [5, 5.41) is 19.4. The average Bonchev–Trinajstić information content (AvgIpc) is 3.16. The van der Waals surface area contributed by atoms with E-state index in [4.69, 9.17) is 4.42 Å². The predicted molar refractivity (Wildman–Crippen MR) is 102 cm³/mol. The minimum absolute atomic E-state index is 0.00184. The second kappa shape index (κ2) is 7.22. The Kier molecular flexibility index (Phi) is 4.96. The van der Waals surface area contributed by atoms with Crippen LogP contribution >= 0.6 is 0 Å². The van der Waals surface area contributed by atoms with Crippen LogP contribution in [0.15, 0.2) is 46.9 Å². The minimum Gasteiger partial charge on any atom is -0.465 e. The van der Waals surface area contributed by atoms with Gasteiger partial charge in [-0.25, -0.2) is 4.79 Å². The van der Waals surface area contributed by atoms with Crippen molar-refractivity contribution in [3.8, 4) is 22.9 Å². The molecule has 2 aromatic carbocycles. The Hall–Kier alpha value is -3.55. The molecule has 0 aliphatic heterocycles. The fourth-order valence-electron chi connectivity index (χ4n) is 2.67. The highest BCUT2D eigenvalue weighted by Gasteiger charge is 2.23. The van der Waals surface area contributed by atoms with E-state index in [1.54, 1.807) is 0 Å². The summed E-state index contributed by atoms with van der Waals surface area (Å²) in [7, 11) is 1.21. The van der Waals surface area contributed by atoms with Gasteiger partial charge in [0, 0.05) is 11.6 Å². The summed E-state index contributed by atoms with van der Waals surface area (Å²) in [5.41, 5.74) is 1.76. The smallest absolute Gasteiger partial charge is 0.338 e. The number of benzene rings is 2. The van der Waals surface area contributed by atoms with Gasteiger partial charge in [-0.15, -0.1) is 10.2 Å². The lowest BCUT2D eigenvalue weighted by Crippen LogP contribution is -2.10. The molecule has 0 unspecified atom stereocenters. The molecule has 0 saturated carbocycles. The summed E-state index contributed by atoms with van der Waals surface area (Å²) in [6, 6.07) is 11.6. The van der Waals surface area contributed by atoms with E-state index in [0.29, 0.717) is 5.56 Å². The molecule has 0 aliphatic carbocycles. The van der Waals surface area contributed by atoms with Gasteiger partial charge in [-0.3, -0.25) is 10.1 Å². The van der Waals surface area contributed by atoms with Crippen LogP contribution < -0.4 is 0 Å². The topological polar surface area (TPSA) is 108 Å². The molecule has 3 aromatic rings. The predicted octanol–water partition coefficient (Wildman–Crippen LogP) is 4.40. The Bertz CT molecular complexity index is 1030. The maximum atomic E-state index is 11.6. The van der Waals surface area contributed by atoms with Gasteiger partial charge in [0.15, 0.2) is 0 Å². The van der Waals surface area contributed by atoms with E-state index in [1.165, 1.54) is 19.2 Å². The molecule has 8 heteroatoms. The number of rotatable bonds is 4. The first kappa shape index (κ1) is 19.2. The fraction of sp³-hybridized carbons (Fsp3) is 0.250. The first-order valence-corrected chi connectivity index (χ1v) is 8.52. The van der Waals surface area contributed by atoms with Crippen LogP contribution in [0.5, 0.6) is 0 Å². The molecular weight excluding hydrogens is 362 g/mol. The molecule has 0 aliphatic rings. The Labute approximate surface area is 161 Å². The van der Waals surface area contributed by atoms with E-state index in [9.17, 15) is 14.9 Å². The molecule has 0 spiro atoms. The third kappa shape index (κ3) is 3.75. The normalized spacial score (nSPS) is 11.3. The summed E-state index contributed by atoms with van der Waals surface area (Å²) in [6.07, 6.45) is 0. The summed E-state index contributed by atoms with van der Waals surface area (Å²) in [5.74, 6) is -0.417. The second-order valence-corrected chi connectivity index (χ2v) is 7.22.